The van der Waals surface area contributed by atoms with Crippen molar-refractivity contribution in [3.8, 4) is 0 Å². The molecule has 0 bridgehead atoms. The maximum atomic E-state index is 11.1. The zero-order valence-corrected chi connectivity index (χ0v) is 8.01. The summed E-state index contributed by atoms with van der Waals surface area (Å²) in [6.45, 7) is 4.73. The molecule has 0 aromatic heterocycles. The molecule has 0 aliphatic carbocycles. The van der Waals surface area contributed by atoms with E-state index < -0.39 is 5.97 Å². The molecule has 0 aromatic carbocycles. The van der Waals surface area contributed by atoms with Gasteiger partial charge in [0.15, 0.2) is 0 Å². The molecule has 0 spiro atoms. The molecule has 0 aliphatic heterocycles. The molecule has 0 rings (SSSR count). The lowest BCUT2D eigenvalue weighted by molar-refractivity contribution is -0.140. The van der Waals surface area contributed by atoms with E-state index in [0.717, 1.165) is 0 Å². The molecule has 13 heavy (non-hydrogen) atoms. The standard InChI is InChI=1S/C8H14N2O3/c1-4-13-8(12)7(5(2)9)10-6(3)11/h4,9H2,1-3H3,(H,10,11)/b7-5+. The number of nitrogens with two attached hydrogens (primary N) is 1. The van der Waals surface area contributed by atoms with Gasteiger partial charge in [-0.15, -0.1) is 0 Å². The summed E-state index contributed by atoms with van der Waals surface area (Å²) in [6.07, 6.45) is 0. The number of esters is 1. The topological polar surface area (TPSA) is 81.4 Å². The van der Waals surface area contributed by atoms with E-state index in [4.69, 9.17) is 5.73 Å². The minimum Gasteiger partial charge on any atom is -0.461 e. The van der Waals surface area contributed by atoms with Gasteiger partial charge in [0.05, 0.1) is 6.61 Å². The summed E-state index contributed by atoms with van der Waals surface area (Å²) < 4.78 is 4.67. The molecule has 0 radical (unpaired) electrons. The lowest BCUT2D eigenvalue weighted by Gasteiger charge is -2.08. The Balaban J connectivity index is 4.54. The van der Waals surface area contributed by atoms with Crippen LogP contribution in [-0.4, -0.2) is 18.5 Å². The number of carbonyl (C=O) groups is 2. The van der Waals surface area contributed by atoms with E-state index in [0.29, 0.717) is 0 Å². The molecular formula is C8H14N2O3. The molecular weight excluding hydrogens is 172 g/mol. The lowest BCUT2D eigenvalue weighted by atomic mass is 10.3. The van der Waals surface area contributed by atoms with E-state index in [1.54, 1.807) is 6.92 Å². The molecule has 0 aromatic rings. The van der Waals surface area contributed by atoms with Crippen molar-refractivity contribution in [3.05, 3.63) is 11.4 Å². The van der Waals surface area contributed by atoms with Crippen LogP contribution in [0.2, 0.25) is 0 Å². The van der Waals surface area contributed by atoms with Crippen LogP contribution in [0.4, 0.5) is 0 Å². The molecule has 0 unspecified atom stereocenters. The first-order valence-electron chi connectivity index (χ1n) is 3.90. The highest BCUT2D eigenvalue weighted by Crippen LogP contribution is 1.97. The van der Waals surface area contributed by atoms with Gasteiger partial charge in [0, 0.05) is 12.6 Å². The maximum absolute atomic E-state index is 11.1. The van der Waals surface area contributed by atoms with Gasteiger partial charge in [0.1, 0.15) is 5.70 Å². The van der Waals surface area contributed by atoms with Crippen LogP contribution in [0, 0.1) is 0 Å². The van der Waals surface area contributed by atoms with Crippen LogP contribution >= 0.6 is 0 Å². The van der Waals surface area contributed by atoms with Gasteiger partial charge in [-0.05, 0) is 13.8 Å². The fraction of sp³-hybridized carbons (Fsp3) is 0.500. The van der Waals surface area contributed by atoms with Crippen LogP contribution in [0.15, 0.2) is 11.4 Å². The van der Waals surface area contributed by atoms with Crippen LogP contribution in [-0.2, 0) is 14.3 Å². The number of rotatable bonds is 3. The highest BCUT2D eigenvalue weighted by atomic mass is 16.5. The third-order valence-electron chi connectivity index (χ3n) is 1.17. The molecule has 5 nitrogen and oxygen atoms in total. The van der Waals surface area contributed by atoms with Crippen molar-refractivity contribution in [1.82, 2.24) is 5.32 Å². The van der Waals surface area contributed by atoms with Gasteiger partial charge in [-0.25, -0.2) is 4.79 Å². The molecule has 0 fully saturated rings. The Kier molecular flexibility index (Phi) is 4.58. The predicted molar refractivity (Wildman–Crippen MR) is 47.3 cm³/mol. The van der Waals surface area contributed by atoms with Crippen molar-refractivity contribution in [2.24, 2.45) is 5.73 Å². The number of amides is 1. The monoisotopic (exact) mass is 186 g/mol. The van der Waals surface area contributed by atoms with Crippen LogP contribution in [0.1, 0.15) is 20.8 Å². The minimum atomic E-state index is -0.613. The number of allylic oxidation sites excluding steroid dienone is 1. The smallest absolute Gasteiger partial charge is 0.356 e. The van der Waals surface area contributed by atoms with E-state index in [-0.39, 0.29) is 23.9 Å². The zero-order chi connectivity index (χ0) is 10.4. The Morgan fingerprint density at radius 2 is 1.92 bits per heavy atom. The lowest BCUT2D eigenvalue weighted by Crippen LogP contribution is -2.29. The number of ether oxygens (including phenoxy) is 1. The van der Waals surface area contributed by atoms with Gasteiger partial charge < -0.3 is 15.8 Å². The third-order valence-corrected chi connectivity index (χ3v) is 1.17. The van der Waals surface area contributed by atoms with Gasteiger partial charge in [0.25, 0.3) is 0 Å². The molecule has 0 saturated carbocycles. The summed E-state index contributed by atoms with van der Waals surface area (Å²) in [6, 6.07) is 0. The second kappa shape index (κ2) is 5.18. The fourth-order valence-corrected chi connectivity index (χ4v) is 0.690. The third kappa shape index (κ3) is 4.15. The Morgan fingerprint density at radius 1 is 1.38 bits per heavy atom. The first-order chi connectivity index (χ1) is 5.99. The molecule has 74 valence electrons. The first kappa shape index (κ1) is 11.5. The zero-order valence-electron chi connectivity index (χ0n) is 8.01. The van der Waals surface area contributed by atoms with E-state index in [1.165, 1.54) is 13.8 Å². The van der Waals surface area contributed by atoms with Crippen molar-refractivity contribution in [3.63, 3.8) is 0 Å². The SMILES string of the molecule is CCOC(=O)/C(NC(C)=O)=C(/C)N. The summed E-state index contributed by atoms with van der Waals surface area (Å²) in [7, 11) is 0. The van der Waals surface area contributed by atoms with E-state index >= 15 is 0 Å². The molecule has 5 heteroatoms. The van der Waals surface area contributed by atoms with E-state index in [9.17, 15) is 9.59 Å². The Bertz CT molecular complexity index is 242. The summed E-state index contributed by atoms with van der Waals surface area (Å²) in [4.78, 5) is 21.8. The molecule has 0 atom stereocenters. The van der Waals surface area contributed by atoms with Gasteiger partial charge in [-0.2, -0.15) is 0 Å². The predicted octanol–water partition coefficient (Wildman–Crippen LogP) is -0.124. The number of carbonyl (C=O) groups excluding carboxylic acids is 2. The summed E-state index contributed by atoms with van der Waals surface area (Å²) >= 11 is 0. The summed E-state index contributed by atoms with van der Waals surface area (Å²) in [5, 5.41) is 2.31. The number of nitrogens with one attached hydrogen (secondary N) is 1. The molecule has 1 amide bonds. The van der Waals surface area contributed by atoms with E-state index in [1.807, 2.05) is 0 Å². The van der Waals surface area contributed by atoms with Crippen molar-refractivity contribution < 1.29 is 14.3 Å². The van der Waals surface area contributed by atoms with Gasteiger partial charge in [0.2, 0.25) is 5.91 Å². The average molecular weight is 186 g/mol. The van der Waals surface area contributed by atoms with Gasteiger partial charge >= 0.3 is 5.97 Å². The number of hydrogen-bond donors (Lipinski definition) is 2. The Hall–Kier alpha value is -1.52. The number of hydrogen-bond acceptors (Lipinski definition) is 4. The van der Waals surface area contributed by atoms with Crippen LogP contribution in [0.3, 0.4) is 0 Å². The normalized spacial score (nSPS) is 11.6. The van der Waals surface area contributed by atoms with Crippen LogP contribution in [0.5, 0.6) is 0 Å². The highest BCUT2D eigenvalue weighted by Gasteiger charge is 2.13. The van der Waals surface area contributed by atoms with Gasteiger partial charge in [-0.1, -0.05) is 0 Å². The molecule has 3 N–H and O–H groups in total. The Morgan fingerprint density at radius 3 is 2.23 bits per heavy atom. The second-order valence-electron chi connectivity index (χ2n) is 2.46. The summed E-state index contributed by atoms with van der Waals surface area (Å²) in [5.74, 6) is -0.967. The summed E-state index contributed by atoms with van der Waals surface area (Å²) in [5.41, 5.74) is 5.62. The maximum Gasteiger partial charge on any atom is 0.356 e. The van der Waals surface area contributed by atoms with Crippen LogP contribution < -0.4 is 11.1 Å². The van der Waals surface area contributed by atoms with Crippen LogP contribution in [0.25, 0.3) is 0 Å². The molecule has 0 heterocycles. The van der Waals surface area contributed by atoms with Crippen molar-refractivity contribution in [1.29, 1.82) is 0 Å². The average Bonchev–Trinajstić information content (AvgIpc) is 1.99. The highest BCUT2D eigenvalue weighted by molar-refractivity contribution is 5.93. The van der Waals surface area contributed by atoms with Gasteiger partial charge in [-0.3, -0.25) is 4.79 Å². The van der Waals surface area contributed by atoms with Crippen molar-refractivity contribution >= 4 is 11.9 Å². The minimum absolute atomic E-state index is 0.00866. The molecule has 0 aliphatic rings. The fourth-order valence-electron chi connectivity index (χ4n) is 0.690. The first-order valence-corrected chi connectivity index (χ1v) is 3.90. The van der Waals surface area contributed by atoms with Crippen molar-refractivity contribution in [2.45, 2.75) is 20.8 Å². The van der Waals surface area contributed by atoms with E-state index in [2.05, 4.69) is 10.1 Å². The quantitative estimate of drug-likeness (QED) is 0.475. The molecule has 0 saturated heterocycles. The second-order valence-corrected chi connectivity index (χ2v) is 2.46. The largest absolute Gasteiger partial charge is 0.461 e. The Labute approximate surface area is 76.9 Å². The van der Waals surface area contributed by atoms with Crippen molar-refractivity contribution in [2.75, 3.05) is 6.61 Å².